The largest absolute Gasteiger partial charge is 0.493 e. The number of ether oxygens (including phenoxy) is 1. The molecule has 23 heavy (non-hydrogen) atoms. The fraction of sp³-hybridized carbons (Fsp3) is 0.647. The van der Waals surface area contributed by atoms with E-state index in [0.29, 0.717) is 26.2 Å². The van der Waals surface area contributed by atoms with Crippen LogP contribution in [0.15, 0.2) is 24.3 Å². The molecular weight excluding hydrogens is 312 g/mol. The molecule has 0 radical (unpaired) electrons. The van der Waals surface area contributed by atoms with Gasteiger partial charge in [0.05, 0.1) is 6.61 Å². The first kappa shape index (κ1) is 16.7. The summed E-state index contributed by atoms with van der Waals surface area (Å²) in [5, 5.41) is 0. The molecule has 0 spiro atoms. The van der Waals surface area contributed by atoms with Crippen molar-refractivity contribution < 1.29 is 13.2 Å². The summed E-state index contributed by atoms with van der Waals surface area (Å²) < 4.78 is 35.2. The van der Waals surface area contributed by atoms with Crippen LogP contribution in [0.3, 0.4) is 0 Å². The molecule has 1 aromatic rings. The Bertz CT molecular complexity index is 610. The lowest BCUT2D eigenvalue weighted by atomic mass is 9.97. The molecule has 0 saturated carbocycles. The lowest BCUT2D eigenvalue weighted by Gasteiger charge is -2.22. The third kappa shape index (κ3) is 4.46. The van der Waals surface area contributed by atoms with Gasteiger partial charge < -0.3 is 4.74 Å². The minimum atomic E-state index is -3.35. The Morgan fingerprint density at radius 1 is 1.13 bits per heavy atom. The zero-order chi connectivity index (χ0) is 16.1. The van der Waals surface area contributed by atoms with Gasteiger partial charge in [-0.25, -0.2) is 4.72 Å². The first-order chi connectivity index (χ1) is 11.1. The van der Waals surface area contributed by atoms with Gasteiger partial charge in [0.15, 0.2) is 0 Å². The van der Waals surface area contributed by atoms with Gasteiger partial charge in [-0.15, -0.1) is 0 Å². The third-order valence-electron chi connectivity index (χ3n) is 4.72. The van der Waals surface area contributed by atoms with Gasteiger partial charge >= 0.3 is 0 Å². The average molecular weight is 338 g/mol. The lowest BCUT2D eigenvalue weighted by Crippen LogP contribution is -2.43. The van der Waals surface area contributed by atoms with Gasteiger partial charge in [-0.3, -0.25) is 0 Å². The Kier molecular flexibility index (Phi) is 5.56. The summed E-state index contributed by atoms with van der Waals surface area (Å²) in [6, 6.07) is 8.03. The van der Waals surface area contributed by atoms with Crippen molar-refractivity contribution in [1.29, 1.82) is 0 Å². The van der Waals surface area contributed by atoms with Gasteiger partial charge in [0.2, 0.25) is 0 Å². The zero-order valence-electron chi connectivity index (χ0n) is 13.5. The quantitative estimate of drug-likeness (QED) is 0.917. The molecule has 5 nitrogen and oxygen atoms in total. The monoisotopic (exact) mass is 338 g/mol. The number of nitrogens with one attached hydrogen (secondary N) is 1. The van der Waals surface area contributed by atoms with Crippen molar-refractivity contribution in [2.75, 3.05) is 26.2 Å². The van der Waals surface area contributed by atoms with E-state index in [4.69, 9.17) is 4.74 Å². The molecule has 1 fully saturated rings. The van der Waals surface area contributed by atoms with Crippen LogP contribution in [0.5, 0.6) is 5.75 Å². The number of hydrogen-bond acceptors (Lipinski definition) is 3. The molecular formula is C17H26N2O3S. The Morgan fingerprint density at radius 3 is 2.65 bits per heavy atom. The molecule has 2 aliphatic rings. The topological polar surface area (TPSA) is 58.6 Å². The van der Waals surface area contributed by atoms with Gasteiger partial charge in [0.25, 0.3) is 10.2 Å². The standard InChI is InChI=1S/C17H26N2O3S/c20-23(21,19-10-5-1-2-6-11-19)18-14-15-9-12-22-17-8-4-3-7-16(17)13-15/h3-4,7-8,15,18H,1-2,5-6,9-14H2. The smallest absolute Gasteiger partial charge is 0.279 e. The van der Waals surface area contributed by atoms with E-state index in [-0.39, 0.29) is 5.92 Å². The van der Waals surface area contributed by atoms with Crippen molar-refractivity contribution in [2.24, 2.45) is 5.92 Å². The maximum Gasteiger partial charge on any atom is 0.279 e. The molecule has 128 valence electrons. The number of hydrogen-bond donors (Lipinski definition) is 1. The van der Waals surface area contributed by atoms with Gasteiger partial charge in [0, 0.05) is 19.6 Å². The number of para-hydroxylation sites is 1. The summed E-state index contributed by atoms with van der Waals surface area (Å²) in [5.74, 6) is 1.21. The van der Waals surface area contributed by atoms with Crippen molar-refractivity contribution in [3.05, 3.63) is 29.8 Å². The van der Waals surface area contributed by atoms with Crippen LogP contribution in [0.2, 0.25) is 0 Å². The van der Waals surface area contributed by atoms with Crippen molar-refractivity contribution >= 4 is 10.2 Å². The summed E-state index contributed by atoms with van der Waals surface area (Å²) >= 11 is 0. The number of nitrogens with zero attached hydrogens (tertiary/aromatic N) is 1. The molecule has 0 aliphatic carbocycles. The molecule has 2 aliphatic heterocycles. The van der Waals surface area contributed by atoms with E-state index in [1.807, 2.05) is 18.2 Å². The molecule has 1 aromatic carbocycles. The van der Waals surface area contributed by atoms with E-state index in [1.165, 1.54) is 5.56 Å². The van der Waals surface area contributed by atoms with E-state index < -0.39 is 10.2 Å². The first-order valence-electron chi connectivity index (χ1n) is 8.60. The number of benzene rings is 1. The van der Waals surface area contributed by atoms with Gasteiger partial charge in [-0.1, -0.05) is 31.0 Å². The van der Waals surface area contributed by atoms with Crippen molar-refractivity contribution in [1.82, 2.24) is 9.03 Å². The second-order valence-electron chi connectivity index (χ2n) is 6.48. The minimum Gasteiger partial charge on any atom is -0.493 e. The van der Waals surface area contributed by atoms with Gasteiger partial charge in [-0.05, 0) is 43.2 Å². The van der Waals surface area contributed by atoms with Gasteiger partial charge in [0.1, 0.15) is 5.75 Å². The van der Waals surface area contributed by atoms with Crippen LogP contribution in [0.1, 0.15) is 37.7 Å². The normalized spacial score (nSPS) is 23.4. The lowest BCUT2D eigenvalue weighted by molar-refractivity contribution is 0.294. The second kappa shape index (κ2) is 7.64. The highest BCUT2D eigenvalue weighted by Gasteiger charge is 2.25. The van der Waals surface area contributed by atoms with Crippen LogP contribution < -0.4 is 9.46 Å². The SMILES string of the molecule is O=S(=O)(NCC1CCOc2ccccc2C1)N1CCCCCC1. The molecule has 1 atom stereocenters. The number of fused-ring (bicyclic) bond motifs is 1. The summed E-state index contributed by atoms with van der Waals surface area (Å²) in [4.78, 5) is 0. The van der Waals surface area contributed by atoms with Crippen molar-refractivity contribution in [3.8, 4) is 5.75 Å². The van der Waals surface area contributed by atoms with E-state index in [2.05, 4.69) is 10.8 Å². The third-order valence-corrected chi connectivity index (χ3v) is 6.30. The molecule has 1 saturated heterocycles. The van der Waals surface area contributed by atoms with Crippen molar-refractivity contribution in [2.45, 2.75) is 38.5 Å². The molecule has 3 rings (SSSR count). The molecule has 0 aromatic heterocycles. The van der Waals surface area contributed by atoms with Crippen LogP contribution in [0, 0.1) is 5.92 Å². The highest BCUT2D eigenvalue weighted by Crippen LogP contribution is 2.26. The van der Waals surface area contributed by atoms with E-state index in [9.17, 15) is 8.42 Å². The van der Waals surface area contributed by atoms with Crippen LogP contribution in [-0.4, -0.2) is 39.0 Å². The van der Waals surface area contributed by atoms with E-state index >= 15 is 0 Å². The fourth-order valence-corrected chi connectivity index (χ4v) is 4.70. The summed E-state index contributed by atoms with van der Waals surface area (Å²) in [5.41, 5.74) is 1.17. The van der Waals surface area contributed by atoms with Crippen LogP contribution in [-0.2, 0) is 16.6 Å². The minimum absolute atomic E-state index is 0.278. The Labute approximate surface area is 139 Å². The highest BCUT2D eigenvalue weighted by atomic mass is 32.2. The zero-order valence-corrected chi connectivity index (χ0v) is 14.4. The summed E-state index contributed by atoms with van der Waals surface area (Å²) in [7, 11) is -3.35. The highest BCUT2D eigenvalue weighted by molar-refractivity contribution is 7.87. The van der Waals surface area contributed by atoms with Crippen LogP contribution in [0.25, 0.3) is 0 Å². The predicted molar refractivity (Wildman–Crippen MR) is 90.7 cm³/mol. The molecule has 2 heterocycles. The molecule has 6 heteroatoms. The second-order valence-corrected chi connectivity index (χ2v) is 8.24. The molecule has 1 unspecified atom stereocenters. The molecule has 0 amide bonds. The fourth-order valence-electron chi connectivity index (χ4n) is 3.33. The summed E-state index contributed by atoms with van der Waals surface area (Å²) in [6.07, 6.45) is 5.92. The van der Waals surface area contributed by atoms with Crippen LogP contribution >= 0.6 is 0 Å². The first-order valence-corrected chi connectivity index (χ1v) is 10.0. The number of rotatable bonds is 4. The van der Waals surface area contributed by atoms with E-state index in [0.717, 1.165) is 44.3 Å². The average Bonchev–Trinajstić information content (AvgIpc) is 2.94. The Hall–Kier alpha value is -1.11. The maximum atomic E-state index is 12.5. The Balaban J connectivity index is 1.59. The van der Waals surface area contributed by atoms with Crippen molar-refractivity contribution in [3.63, 3.8) is 0 Å². The molecule has 0 bridgehead atoms. The van der Waals surface area contributed by atoms with E-state index in [1.54, 1.807) is 4.31 Å². The maximum absolute atomic E-state index is 12.5. The molecule has 1 N–H and O–H groups in total. The predicted octanol–water partition coefficient (Wildman–Crippen LogP) is 2.34. The van der Waals surface area contributed by atoms with Gasteiger partial charge in [-0.2, -0.15) is 12.7 Å². The Morgan fingerprint density at radius 2 is 1.87 bits per heavy atom. The van der Waals surface area contributed by atoms with Crippen LogP contribution in [0.4, 0.5) is 0 Å². The summed E-state index contributed by atoms with van der Waals surface area (Å²) in [6.45, 7) is 2.42.